The summed E-state index contributed by atoms with van der Waals surface area (Å²) < 4.78 is 31.0. The number of allylic oxidation sites excluding steroid dienone is 3. The highest BCUT2D eigenvalue weighted by molar-refractivity contribution is 7.90. The van der Waals surface area contributed by atoms with Crippen LogP contribution in [0.4, 0.5) is 4.79 Å². The van der Waals surface area contributed by atoms with Crippen molar-refractivity contribution < 1.29 is 17.9 Å². The molecule has 0 heterocycles. The van der Waals surface area contributed by atoms with E-state index in [1.54, 1.807) is 37.3 Å². The lowest BCUT2D eigenvalue weighted by Crippen LogP contribution is -2.38. The summed E-state index contributed by atoms with van der Waals surface area (Å²) in [7, 11) is -3.73. The Kier molecular flexibility index (Phi) is 9.98. The number of benzene rings is 2. The lowest BCUT2D eigenvalue weighted by molar-refractivity contribution is 0.241. The van der Waals surface area contributed by atoms with Gasteiger partial charge in [-0.15, -0.1) is 0 Å². The Balaban J connectivity index is 2.29. The fourth-order valence-corrected chi connectivity index (χ4v) is 5.75. The van der Waals surface area contributed by atoms with Crippen LogP contribution in [0.2, 0.25) is 10.0 Å². The van der Waals surface area contributed by atoms with Crippen LogP contribution in [0.3, 0.4) is 0 Å². The molecule has 0 aliphatic heterocycles. The van der Waals surface area contributed by atoms with Crippen molar-refractivity contribution in [2.24, 2.45) is 10.9 Å². The minimum atomic E-state index is -3.73. The van der Waals surface area contributed by atoms with E-state index in [1.165, 1.54) is 17.0 Å². The first kappa shape index (κ1) is 30.5. The van der Waals surface area contributed by atoms with Crippen molar-refractivity contribution in [3.63, 3.8) is 0 Å². The average Bonchev–Trinajstić information content (AvgIpc) is 2.82. The monoisotopic (exact) mass is 616 g/mol. The first-order chi connectivity index (χ1) is 17.7. The van der Waals surface area contributed by atoms with E-state index in [-0.39, 0.29) is 46.1 Å². The molecular weight excluding hydrogens is 590 g/mol. The van der Waals surface area contributed by atoms with Gasteiger partial charge in [0.05, 0.1) is 34.2 Å². The molecule has 204 valence electrons. The molecule has 0 saturated carbocycles. The zero-order chi connectivity index (χ0) is 28.3. The number of carbonyl (C=O) groups is 1. The molecule has 3 rings (SSSR count). The van der Waals surface area contributed by atoms with Crippen LogP contribution in [0.15, 0.2) is 69.5 Å². The molecule has 0 aromatic heterocycles. The maximum absolute atomic E-state index is 12.9. The summed E-state index contributed by atoms with van der Waals surface area (Å²) >= 11 is 24.7. The summed E-state index contributed by atoms with van der Waals surface area (Å²) in [6.45, 7) is 5.93. The second-order valence-corrected chi connectivity index (χ2v) is 12.9. The molecule has 1 aliphatic rings. The number of aliphatic imine (C=N–C) groups is 1. The quantitative estimate of drug-likeness (QED) is 0.131. The summed E-state index contributed by atoms with van der Waals surface area (Å²) in [5.74, 6) is 0.338. The number of rotatable bonds is 8. The Morgan fingerprint density at radius 1 is 1.16 bits per heavy atom. The highest BCUT2D eigenvalue weighted by atomic mass is 35.5. The van der Waals surface area contributed by atoms with Crippen molar-refractivity contribution in [1.82, 2.24) is 4.90 Å². The largest absolute Gasteiger partial charge is 0.493 e. The fourth-order valence-electron chi connectivity index (χ4n) is 4.00. The molecule has 0 saturated heterocycles. The van der Waals surface area contributed by atoms with Gasteiger partial charge in [-0.05, 0) is 68.6 Å². The molecule has 1 amide bonds. The molecule has 0 spiro atoms. The first-order valence-corrected chi connectivity index (χ1v) is 15.1. The van der Waals surface area contributed by atoms with E-state index in [0.29, 0.717) is 16.5 Å². The van der Waals surface area contributed by atoms with Crippen molar-refractivity contribution in [2.45, 2.75) is 44.2 Å². The highest BCUT2D eigenvalue weighted by Crippen LogP contribution is 2.36. The highest BCUT2D eigenvalue weighted by Gasteiger charge is 2.33. The number of carbonyl (C=O) groups excluding carboxylic acids is 1. The normalized spacial score (nSPS) is 16.3. The third-order valence-electron chi connectivity index (χ3n) is 6.05. The van der Waals surface area contributed by atoms with Crippen LogP contribution in [0.25, 0.3) is 0 Å². The molecule has 2 aromatic rings. The van der Waals surface area contributed by atoms with Crippen molar-refractivity contribution in [3.8, 4) is 5.75 Å². The van der Waals surface area contributed by atoms with Gasteiger partial charge in [-0.2, -0.15) is 0 Å². The van der Waals surface area contributed by atoms with Gasteiger partial charge in [0.2, 0.25) is 0 Å². The molecule has 1 aliphatic carbocycles. The zero-order valence-electron chi connectivity index (χ0n) is 21.3. The van der Waals surface area contributed by atoms with E-state index >= 15 is 0 Å². The van der Waals surface area contributed by atoms with Gasteiger partial charge in [0, 0.05) is 28.3 Å². The number of hydrogen-bond acceptors (Lipinski definition) is 5. The van der Waals surface area contributed by atoms with Crippen LogP contribution in [-0.2, 0) is 16.4 Å². The smallest absolute Gasteiger partial charge is 0.322 e. The molecule has 0 bridgehead atoms. The SMILES string of the molecule is CCOc1cc(Cl)c(S(C)(=O)=O)cc1C(=NC(C)(C)C1C=CC(Cl)=CC1)N(Cc1ccc(Cl)cc1)C(=O)Cl. The Morgan fingerprint density at radius 2 is 1.82 bits per heavy atom. The number of ether oxygens (including phenoxy) is 1. The molecule has 6 nitrogen and oxygen atoms in total. The number of sulfone groups is 1. The molecule has 1 atom stereocenters. The van der Waals surface area contributed by atoms with Crippen LogP contribution < -0.4 is 4.74 Å². The third-order valence-corrected chi connectivity index (χ3v) is 8.35. The van der Waals surface area contributed by atoms with Crippen LogP contribution >= 0.6 is 46.4 Å². The van der Waals surface area contributed by atoms with Gasteiger partial charge in [-0.3, -0.25) is 14.7 Å². The number of amides is 1. The summed E-state index contributed by atoms with van der Waals surface area (Å²) in [4.78, 5) is 19.1. The minimum absolute atomic E-state index is 0.00486. The Bertz CT molecular complexity index is 1400. The van der Waals surface area contributed by atoms with Gasteiger partial charge < -0.3 is 4.74 Å². The van der Waals surface area contributed by atoms with Crippen LogP contribution in [0, 0.1) is 5.92 Å². The van der Waals surface area contributed by atoms with Gasteiger partial charge in [0.15, 0.2) is 9.84 Å². The number of halogens is 4. The van der Waals surface area contributed by atoms with E-state index in [9.17, 15) is 13.2 Å². The van der Waals surface area contributed by atoms with Gasteiger partial charge in [-0.25, -0.2) is 8.42 Å². The maximum Gasteiger partial charge on any atom is 0.322 e. The van der Waals surface area contributed by atoms with Crippen molar-refractivity contribution in [3.05, 3.63) is 80.8 Å². The van der Waals surface area contributed by atoms with Gasteiger partial charge in [-0.1, -0.05) is 59.1 Å². The Labute approximate surface area is 243 Å². The predicted octanol–water partition coefficient (Wildman–Crippen LogP) is 7.88. The van der Waals surface area contributed by atoms with Gasteiger partial charge in [0.1, 0.15) is 11.6 Å². The van der Waals surface area contributed by atoms with Crippen LogP contribution in [0.5, 0.6) is 5.75 Å². The second kappa shape index (κ2) is 12.4. The van der Waals surface area contributed by atoms with Crippen molar-refractivity contribution in [1.29, 1.82) is 0 Å². The maximum atomic E-state index is 12.9. The van der Waals surface area contributed by atoms with Gasteiger partial charge >= 0.3 is 5.37 Å². The topological polar surface area (TPSA) is 76.0 Å². The molecule has 0 radical (unpaired) electrons. The molecule has 1 unspecified atom stereocenters. The van der Waals surface area contributed by atoms with E-state index < -0.39 is 20.7 Å². The number of amidine groups is 1. The molecular formula is C27H28Cl4N2O4S. The molecule has 0 fully saturated rings. The molecule has 0 N–H and O–H groups in total. The second-order valence-electron chi connectivity index (χ2n) is 9.33. The summed E-state index contributed by atoms with van der Waals surface area (Å²) in [5.41, 5.74) is 0.233. The van der Waals surface area contributed by atoms with E-state index in [2.05, 4.69) is 0 Å². The van der Waals surface area contributed by atoms with Crippen molar-refractivity contribution >= 4 is 67.4 Å². The number of hydrogen-bond donors (Lipinski definition) is 0. The summed E-state index contributed by atoms with van der Waals surface area (Å²) in [6, 6.07) is 9.73. The summed E-state index contributed by atoms with van der Waals surface area (Å²) in [6.07, 6.45) is 7.35. The molecule has 2 aromatic carbocycles. The average molecular weight is 618 g/mol. The minimum Gasteiger partial charge on any atom is -0.493 e. The number of nitrogens with zero attached hydrogens (tertiary/aromatic N) is 2. The zero-order valence-corrected chi connectivity index (χ0v) is 25.2. The fraction of sp³-hybridized carbons (Fsp3) is 0.333. The van der Waals surface area contributed by atoms with Gasteiger partial charge in [0.25, 0.3) is 0 Å². The lowest BCUT2D eigenvalue weighted by Gasteiger charge is -2.33. The van der Waals surface area contributed by atoms with E-state index in [4.69, 9.17) is 56.1 Å². The molecule has 11 heteroatoms. The molecule has 38 heavy (non-hydrogen) atoms. The standard InChI is InChI=1S/C27H28Cl4N2O4S/c1-5-37-23-15-22(30)24(38(4,35)36)14-21(23)25(32-27(2,3)18-8-12-20(29)13-9-18)33(26(31)34)16-17-6-10-19(28)11-7-17/h6-8,10-15,18H,5,9,16H2,1-4H3. The first-order valence-electron chi connectivity index (χ1n) is 11.7. The third kappa shape index (κ3) is 7.54. The van der Waals surface area contributed by atoms with Crippen LogP contribution in [-0.4, -0.2) is 42.9 Å². The Hall–Kier alpha value is -2.03. The van der Waals surface area contributed by atoms with E-state index in [0.717, 1.165) is 11.8 Å². The Morgan fingerprint density at radius 3 is 2.34 bits per heavy atom. The van der Waals surface area contributed by atoms with Crippen LogP contribution in [0.1, 0.15) is 38.3 Å². The summed E-state index contributed by atoms with van der Waals surface area (Å²) in [5, 5.41) is 0.359. The van der Waals surface area contributed by atoms with E-state index in [1.807, 2.05) is 26.0 Å². The predicted molar refractivity (Wildman–Crippen MR) is 156 cm³/mol. The van der Waals surface area contributed by atoms with Crippen molar-refractivity contribution in [2.75, 3.05) is 12.9 Å². The lowest BCUT2D eigenvalue weighted by atomic mass is 9.83.